The fraction of sp³-hybridized carbons (Fsp3) is 0.0714. The van der Waals surface area contributed by atoms with E-state index in [2.05, 4.69) is 20.5 Å². The molecule has 0 aliphatic carbocycles. The number of aryl methyl sites for hydroxylation is 1. The molecule has 2 heterocycles. The van der Waals surface area contributed by atoms with Crippen LogP contribution in [0, 0.1) is 6.92 Å². The van der Waals surface area contributed by atoms with Crippen LogP contribution in [0.4, 0.5) is 5.69 Å². The van der Waals surface area contributed by atoms with Gasteiger partial charge in [-0.25, -0.2) is 0 Å². The van der Waals surface area contributed by atoms with Crippen LogP contribution in [-0.4, -0.2) is 26.2 Å². The van der Waals surface area contributed by atoms with Gasteiger partial charge in [-0.05, 0) is 30.7 Å². The fourth-order valence-electron chi connectivity index (χ4n) is 1.96. The first-order chi connectivity index (χ1) is 9.65. The highest BCUT2D eigenvalue weighted by molar-refractivity contribution is 6.11. The maximum Gasteiger partial charge on any atom is 0.276 e. The highest BCUT2D eigenvalue weighted by Crippen LogP contribution is 2.25. The zero-order chi connectivity index (χ0) is 14.1. The van der Waals surface area contributed by atoms with Crippen molar-refractivity contribution in [2.45, 2.75) is 6.92 Å². The van der Waals surface area contributed by atoms with Crippen molar-refractivity contribution < 1.29 is 9.90 Å². The van der Waals surface area contributed by atoms with Gasteiger partial charge in [-0.15, -0.1) is 0 Å². The van der Waals surface area contributed by atoms with Gasteiger partial charge in [0.05, 0.1) is 16.6 Å². The van der Waals surface area contributed by atoms with Crippen LogP contribution in [0.1, 0.15) is 16.1 Å². The minimum absolute atomic E-state index is 0.0157. The number of hydrogen-bond donors (Lipinski definition) is 3. The maximum atomic E-state index is 12.2. The highest BCUT2D eigenvalue weighted by Gasteiger charge is 2.15. The molecule has 0 atom stereocenters. The molecule has 2 aromatic heterocycles. The molecule has 1 aromatic carbocycles. The molecule has 0 saturated carbocycles. The molecule has 0 bridgehead atoms. The topological polar surface area (TPSA) is 90.9 Å². The third-order valence-corrected chi connectivity index (χ3v) is 2.98. The summed E-state index contributed by atoms with van der Waals surface area (Å²) in [4.78, 5) is 16.2. The van der Waals surface area contributed by atoms with Crippen molar-refractivity contribution in [1.82, 2.24) is 15.2 Å². The van der Waals surface area contributed by atoms with Gasteiger partial charge in [-0.2, -0.15) is 5.10 Å². The summed E-state index contributed by atoms with van der Waals surface area (Å²) in [6.45, 7) is 1.88. The van der Waals surface area contributed by atoms with Crippen molar-refractivity contribution in [3.05, 3.63) is 47.9 Å². The first kappa shape index (κ1) is 12.2. The van der Waals surface area contributed by atoms with Gasteiger partial charge in [0, 0.05) is 12.4 Å². The molecule has 0 radical (unpaired) electrons. The van der Waals surface area contributed by atoms with Gasteiger partial charge >= 0.3 is 0 Å². The number of nitrogens with zero attached hydrogens (tertiary/aromatic N) is 2. The second-order valence-electron chi connectivity index (χ2n) is 4.47. The van der Waals surface area contributed by atoms with Crippen LogP contribution in [0.2, 0.25) is 0 Å². The normalized spacial score (nSPS) is 10.7. The van der Waals surface area contributed by atoms with Crippen molar-refractivity contribution in [3.63, 3.8) is 0 Å². The number of nitrogens with one attached hydrogen (secondary N) is 2. The van der Waals surface area contributed by atoms with Crippen LogP contribution in [0.15, 0.2) is 36.7 Å². The quantitative estimate of drug-likeness (QED) is 0.621. The van der Waals surface area contributed by atoms with Gasteiger partial charge in [0.25, 0.3) is 5.91 Å². The van der Waals surface area contributed by atoms with E-state index in [9.17, 15) is 9.90 Å². The first-order valence-electron chi connectivity index (χ1n) is 6.04. The number of aromatic nitrogens is 3. The van der Waals surface area contributed by atoms with Crippen molar-refractivity contribution in [1.29, 1.82) is 0 Å². The van der Waals surface area contributed by atoms with Crippen LogP contribution < -0.4 is 5.32 Å². The SMILES string of the molecule is Cc1ccc(O)c(NC(=O)c2n[nH]c3ccncc23)c1. The van der Waals surface area contributed by atoms with Gasteiger partial charge in [0.2, 0.25) is 0 Å². The third-order valence-electron chi connectivity index (χ3n) is 2.98. The number of aromatic amines is 1. The lowest BCUT2D eigenvalue weighted by Crippen LogP contribution is -2.13. The molecule has 0 saturated heterocycles. The lowest BCUT2D eigenvalue weighted by molar-refractivity contribution is 0.102. The molecule has 0 spiro atoms. The fourth-order valence-corrected chi connectivity index (χ4v) is 1.96. The first-order valence-corrected chi connectivity index (χ1v) is 6.04. The summed E-state index contributed by atoms with van der Waals surface area (Å²) in [6, 6.07) is 6.73. The number of carbonyl (C=O) groups is 1. The van der Waals surface area contributed by atoms with Crippen LogP contribution in [0.3, 0.4) is 0 Å². The Kier molecular flexibility index (Phi) is 2.83. The standard InChI is InChI=1S/C14H12N4O2/c1-8-2-3-12(19)11(6-8)16-14(20)13-9-7-15-5-4-10(9)17-18-13/h2-7,19H,1H3,(H,16,20)(H,17,18). The van der Waals surface area contributed by atoms with E-state index >= 15 is 0 Å². The minimum atomic E-state index is -0.398. The van der Waals surface area contributed by atoms with Crippen LogP contribution >= 0.6 is 0 Å². The number of carbonyl (C=O) groups excluding carboxylic acids is 1. The van der Waals surface area contributed by atoms with Gasteiger partial charge in [-0.1, -0.05) is 6.07 Å². The number of amides is 1. The molecule has 1 amide bonds. The lowest BCUT2D eigenvalue weighted by atomic mass is 10.2. The van der Waals surface area contributed by atoms with Crippen molar-refractivity contribution in [2.24, 2.45) is 0 Å². The molecule has 3 rings (SSSR count). The van der Waals surface area contributed by atoms with Gasteiger partial charge in [-0.3, -0.25) is 14.9 Å². The average Bonchev–Trinajstić information content (AvgIpc) is 2.87. The summed E-state index contributed by atoms with van der Waals surface area (Å²) in [5.74, 6) is -0.382. The van der Waals surface area contributed by atoms with E-state index in [1.165, 1.54) is 6.07 Å². The Labute approximate surface area is 114 Å². The number of phenolic OH excluding ortho intramolecular Hbond substituents is 1. The number of H-pyrrole nitrogens is 1. The number of fused-ring (bicyclic) bond motifs is 1. The van der Waals surface area contributed by atoms with Gasteiger partial charge in [0.1, 0.15) is 5.75 Å². The minimum Gasteiger partial charge on any atom is -0.506 e. The predicted molar refractivity (Wildman–Crippen MR) is 74.7 cm³/mol. The Morgan fingerprint density at radius 2 is 2.20 bits per heavy atom. The Balaban J connectivity index is 1.95. The van der Waals surface area contributed by atoms with E-state index in [0.717, 1.165) is 11.1 Å². The number of phenols is 1. The van der Waals surface area contributed by atoms with E-state index in [4.69, 9.17) is 0 Å². The van der Waals surface area contributed by atoms with E-state index in [-0.39, 0.29) is 11.4 Å². The number of rotatable bonds is 2. The van der Waals surface area contributed by atoms with Gasteiger partial charge in [0.15, 0.2) is 5.69 Å². The molecule has 6 heteroatoms. The largest absolute Gasteiger partial charge is 0.506 e. The average molecular weight is 268 g/mol. The molecule has 20 heavy (non-hydrogen) atoms. The molecule has 3 aromatic rings. The molecule has 0 aliphatic rings. The summed E-state index contributed by atoms with van der Waals surface area (Å²) in [5.41, 5.74) is 2.27. The molecule has 100 valence electrons. The second kappa shape index (κ2) is 4.65. The highest BCUT2D eigenvalue weighted by atomic mass is 16.3. The van der Waals surface area contributed by atoms with Crippen LogP contribution in [0.25, 0.3) is 10.9 Å². The van der Waals surface area contributed by atoms with E-state index < -0.39 is 5.91 Å². The number of pyridine rings is 1. The molecular formula is C14H12N4O2. The zero-order valence-corrected chi connectivity index (χ0v) is 10.7. The maximum absolute atomic E-state index is 12.2. The molecule has 0 unspecified atom stereocenters. The van der Waals surface area contributed by atoms with E-state index in [1.54, 1.807) is 30.6 Å². The second-order valence-corrected chi connectivity index (χ2v) is 4.47. The zero-order valence-electron chi connectivity index (χ0n) is 10.7. The summed E-state index contributed by atoms with van der Waals surface area (Å²) in [6.07, 6.45) is 3.19. The number of aromatic hydroxyl groups is 1. The summed E-state index contributed by atoms with van der Waals surface area (Å²) >= 11 is 0. The molecule has 3 N–H and O–H groups in total. The number of hydrogen-bond acceptors (Lipinski definition) is 4. The molecule has 6 nitrogen and oxygen atoms in total. The molecule has 0 fully saturated rings. The summed E-state index contributed by atoms with van der Waals surface area (Å²) < 4.78 is 0. The van der Waals surface area contributed by atoms with E-state index in [1.807, 2.05) is 6.92 Å². The Morgan fingerprint density at radius 1 is 1.35 bits per heavy atom. The summed E-state index contributed by atoms with van der Waals surface area (Å²) in [7, 11) is 0. The Bertz CT molecular complexity index is 795. The predicted octanol–water partition coefficient (Wildman–Crippen LogP) is 2.22. The molecule has 0 aliphatic heterocycles. The van der Waals surface area contributed by atoms with Crippen molar-refractivity contribution >= 4 is 22.5 Å². The Morgan fingerprint density at radius 3 is 3.05 bits per heavy atom. The smallest absolute Gasteiger partial charge is 0.276 e. The number of benzene rings is 1. The van der Waals surface area contributed by atoms with Gasteiger partial charge < -0.3 is 10.4 Å². The van der Waals surface area contributed by atoms with Crippen molar-refractivity contribution in [3.8, 4) is 5.75 Å². The third kappa shape index (κ3) is 2.07. The molecular weight excluding hydrogens is 256 g/mol. The van der Waals surface area contributed by atoms with Crippen LogP contribution in [-0.2, 0) is 0 Å². The Hall–Kier alpha value is -2.89. The van der Waals surface area contributed by atoms with Crippen molar-refractivity contribution in [2.75, 3.05) is 5.32 Å². The number of anilines is 1. The van der Waals surface area contributed by atoms with E-state index in [0.29, 0.717) is 11.1 Å². The lowest BCUT2D eigenvalue weighted by Gasteiger charge is -2.06. The monoisotopic (exact) mass is 268 g/mol. The summed E-state index contributed by atoms with van der Waals surface area (Å²) in [5, 5.41) is 19.8. The van der Waals surface area contributed by atoms with Crippen LogP contribution in [0.5, 0.6) is 5.75 Å².